The summed E-state index contributed by atoms with van der Waals surface area (Å²) in [5.74, 6) is -0.484. The molecule has 0 aromatic carbocycles. The number of hydrogen-bond donors (Lipinski definition) is 3. The van der Waals surface area contributed by atoms with Gasteiger partial charge in [0.15, 0.2) is 5.16 Å². The molecular formula is C13H15N5O2S2. The molecule has 7 nitrogen and oxygen atoms in total. The van der Waals surface area contributed by atoms with Gasteiger partial charge in [-0.05, 0) is 25.3 Å². The molecule has 0 radical (unpaired) electrons. The molecular weight excluding hydrogens is 322 g/mol. The zero-order valence-electron chi connectivity index (χ0n) is 12.0. The number of nitrogens with two attached hydrogens (primary N) is 2. The zero-order valence-corrected chi connectivity index (χ0v) is 13.6. The van der Waals surface area contributed by atoms with E-state index in [1.54, 1.807) is 31.4 Å². The standard InChI is InChI=1S/C13H15N5O2S2/c1-6-5-9(14)17-13(16-6)22-7(2)11(20)18-12-8(10(15)19)3-4-21-12/h3-5,7H,1-2H3,(H2,15,19)(H,18,20)(H2,14,16,17)/t7-/m0/s1. The minimum absolute atomic E-state index is 0.265. The number of aryl methyl sites for hydroxylation is 1. The summed E-state index contributed by atoms with van der Waals surface area (Å²) in [6.45, 7) is 3.52. The second kappa shape index (κ2) is 6.75. The summed E-state index contributed by atoms with van der Waals surface area (Å²) in [6, 6.07) is 3.23. The lowest BCUT2D eigenvalue weighted by Gasteiger charge is -2.11. The molecule has 22 heavy (non-hydrogen) atoms. The summed E-state index contributed by atoms with van der Waals surface area (Å²) in [5, 5.41) is 4.80. The van der Waals surface area contributed by atoms with E-state index in [-0.39, 0.29) is 5.91 Å². The Morgan fingerprint density at radius 2 is 2.14 bits per heavy atom. The first-order valence-corrected chi connectivity index (χ1v) is 8.08. The number of nitrogen functional groups attached to an aromatic ring is 1. The molecule has 0 saturated carbocycles. The number of hydrogen-bond acceptors (Lipinski definition) is 7. The van der Waals surface area contributed by atoms with Gasteiger partial charge in [-0.1, -0.05) is 11.8 Å². The molecule has 2 aromatic rings. The quantitative estimate of drug-likeness (QED) is 0.563. The number of carbonyl (C=O) groups excluding carboxylic acids is 2. The van der Waals surface area contributed by atoms with Crippen LogP contribution in [0.2, 0.25) is 0 Å². The second-order valence-corrected chi connectivity index (χ2v) is 6.72. The Morgan fingerprint density at radius 3 is 2.77 bits per heavy atom. The average molecular weight is 337 g/mol. The molecule has 2 aromatic heterocycles. The molecule has 5 N–H and O–H groups in total. The molecule has 116 valence electrons. The van der Waals surface area contributed by atoms with Crippen molar-refractivity contribution in [1.82, 2.24) is 9.97 Å². The Morgan fingerprint density at radius 1 is 1.41 bits per heavy atom. The lowest BCUT2D eigenvalue weighted by Crippen LogP contribution is -2.24. The van der Waals surface area contributed by atoms with E-state index in [9.17, 15) is 9.59 Å². The van der Waals surface area contributed by atoms with Crippen molar-refractivity contribution in [2.24, 2.45) is 5.73 Å². The number of nitrogens with zero attached hydrogens (tertiary/aromatic N) is 2. The predicted molar refractivity (Wildman–Crippen MR) is 88.0 cm³/mol. The second-order valence-electron chi connectivity index (χ2n) is 4.49. The minimum atomic E-state index is -0.577. The number of thiophene rings is 1. The Balaban J connectivity index is 2.06. The van der Waals surface area contributed by atoms with E-state index in [2.05, 4.69) is 15.3 Å². The van der Waals surface area contributed by atoms with Gasteiger partial charge in [-0.3, -0.25) is 9.59 Å². The van der Waals surface area contributed by atoms with E-state index in [1.165, 1.54) is 23.1 Å². The van der Waals surface area contributed by atoms with Gasteiger partial charge in [0.25, 0.3) is 5.91 Å². The minimum Gasteiger partial charge on any atom is -0.384 e. The van der Waals surface area contributed by atoms with Gasteiger partial charge in [0, 0.05) is 11.8 Å². The van der Waals surface area contributed by atoms with Gasteiger partial charge in [0.1, 0.15) is 10.8 Å². The Kier molecular flexibility index (Phi) is 4.99. The molecule has 0 aliphatic carbocycles. The number of aromatic nitrogens is 2. The van der Waals surface area contributed by atoms with Crippen LogP contribution in [0.5, 0.6) is 0 Å². The first kappa shape index (κ1) is 16.2. The van der Waals surface area contributed by atoms with E-state index >= 15 is 0 Å². The van der Waals surface area contributed by atoms with E-state index < -0.39 is 11.2 Å². The average Bonchev–Trinajstić information content (AvgIpc) is 2.85. The van der Waals surface area contributed by atoms with Gasteiger partial charge < -0.3 is 16.8 Å². The van der Waals surface area contributed by atoms with Crippen LogP contribution in [0.4, 0.5) is 10.8 Å². The van der Waals surface area contributed by atoms with Crippen LogP contribution in [-0.2, 0) is 4.79 Å². The van der Waals surface area contributed by atoms with Crippen molar-refractivity contribution < 1.29 is 9.59 Å². The molecule has 2 amide bonds. The summed E-state index contributed by atoms with van der Waals surface area (Å²) in [4.78, 5) is 31.7. The van der Waals surface area contributed by atoms with Gasteiger partial charge >= 0.3 is 0 Å². The van der Waals surface area contributed by atoms with Crippen molar-refractivity contribution in [2.75, 3.05) is 11.1 Å². The third-order valence-electron chi connectivity index (χ3n) is 2.67. The van der Waals surface area contributed by atoms with Gasteiger partial charge in [0.2, 0.25) is 5.91 Å². The monoisotopic (exact) mass is 337 g/mol. The fourth-order valence-corrected chi connectivity index (χ4v) is 3.28. The molecule has 0 aliphatic rings. The van der Waals surface area contributed by atoms with Gasteiger partial charge in [0.05, 0.1) is 10.8 Å². The van der Waals surface area contributed by atoms with Crippen LogP contribution in [0.25, 0.3) is 0 Å². The molecule has 0 unspecified atom stereocenters. The summed E-state index contributed by atoms with van der Waals surface area (Å²) in [7, 11) is 0. The van der Waals surface area contributed by atoms with Crippen molar-refractivity contribution in [1.29, 1.82) is 0 Å². The van der Waals surface area contributed by atoms with E-state index in [0.717, 1.165) is 5.69 Å². The number of primary amides is 1. The van der Waals surface area contributed by atoms with Crippen molar-refractivity contribution in [3.63, 3.8) is 0 Å². The highest BCUT2D eigenvalue weighted by Gasteiger charge is 2.19. The van der Waals surface area contributed by atoms with E-state index in [1.807, 2.05) is 0 Å². The molecule has 2 rings (SSSR count). The van der Waals surface area contributed by atoms with Crippen LogP contribution in [0.3, 0.4) is 0 Å². The Hall–Kier alpha value is -2.13. The highest BCUT2D eigenvalue weighted by Crippen LogP contribution is 2.26. The van der Waals surface area contributed by atoms with Crippen molar-refractivity contribution in [3.05, 3.63) is 28.8 Å². The number of nitrogens with one attached hydrogen (secondary N) is 1. The summed E-state index contributed by atoms with van der Waals surface area (Å²) in [5.41, 5.74) is 11.9. The molecule has 2 heterocycles. The smallest absolute Gasteiger partial charge is 0.251 e. The van der Waals surface area contributed by atoms with Crippen molar-refractivity contribution >= 4 is 45.7 Å². The molecule has 0 spiro atoms. The van der Waals surface area contributed by atoms with E-state index in [0.29, 0.717) is 21.5 Å². The van der Waals surface area contributed by atoms with Gasteiger partial charge in [-0.25, -0.2) is 9.97 Å². The number of thioether (sulfide) groups is 1. The summed E-state index contributed by atoms with van der Waals surface area (Å²) in [6.07, 6.45) is 0. The highest BCUT2D eigenvalue weighted by molar-refractivity contribution is 8.00. The van der Waals surface area contributed by atoms with Gasteiger partial charge in [-0.2, -0.15) is 0 Å². The summed E-state index contributed by atoms with van der Waals surface area (Å²) >= 11 is 2.43. The van der Waals surface area contributed by atoms with Crippen LogP contribution in [-0.4, -0.2) is 27.0 Å². The fourth-order valence-electron chi connectivity index (χ4n) is 1.64. The highest BCUT2D eigenvalue weighted by atomic mass is 32.2. The zero-order chi connectivity index (χ0) is 16.3. The first-order valence-electron chi connectivity index (χ1n) is 6.33. The number of carbonyl (C=O) groups is 2. The maximum atomic E-state index is 12.2. The molecule has 9 heteroatoms. The lowest BCUT2D eigenvalue weighted by molar-refractivity contribution is -0.115. The van der Waals surface area contributed by atoms with Crippen molar-refractivity contribution in [3.8, 4) is 0 Å². The first-order chi connectivity index (χ1) is 10.4. The number of rotatable bonds is 5. The summed E-state index contributed by atoms with van der Waals surface area (Å²) < 4.78 is 0. The van der Waals surface area contributed by atoms with E-state index in [4.69, 9.17) is 11.5 Å². The topological polar surface area (TPSA) is 124 Å². The maximum Gasteiger partial charge on any atom is 0.251 e. The van der Waals surface area contributed by atoms with Gasteiger partial charge in [-0.15, -0.1) is 11.3 Å². The molecule has 0 aliphatic heterocycles. The van der Waals surface area contributed by atoms with Crippen molar-refractivity contribution in [2.45, 2.75) is 24.3 Å². The predicted octanol–water partition coefficient (Wildman–Crippen LogP) is 1.65. The van der Waals surface area contributed by atoms with Crippen LogP contribution in [0.1, 0.15) is 23.0 Å². The third-order valence-corrected chi connectivity index (χ3v) is 4.46. The normalized spacial score (nSPS) is 11.9. The Labute approximate surface area is 135 Å². The number of anilines is 2. The SMILES string of the molecule is Cc1cc(N)nc(S[C@@H](C)C(=O)Nc2sccc2C(N)=O)n1. The molecule has 0 saturated heterocycles. The van der Waals surface area contributed by atoms with Crippen LogP contribution < -0.4 is 16.8 Å². The maximum absolute atomic E-state index is 12.2. The third kappa shape index (κ3) is 3.95. The lowest BCUT2D eigenvalue weighted by atomic mass is 10.3. The largest absolute Gasteiger partial charge is 0.384 e. The number of amides is 2. The van der Waals surface area contributed by atoms with Crippen LogP contribution in [0, 0.1) is 6.92 Å². The molecule has 0 bridgehead atoms. The molecule has 0 fully saturated rings. The Bertz CT molecular complexity index is 696. The fraction of sp³-hybridized carbons (Fsp3) is 0.231. The van der Waals surface area contributed by atoms with Crippen LogP contribution in [0.15, 0.2) is 22.7 Å². The molecule has 1 atom stereocenters. The van der Waals surface area contributed by atoms with Crippen LogP contribution >= 0.6 is 23.1 Å².